The van der Waals surface area contributed by atoms with Gasteiger partial charge in [-0.15, -0.1) is 0 Å². The number of nitrogens with zero attached hydrogens (tertiary/aromatic N) is 1. The summed E-state index contributed by atoms with van der Waals surface area (Å²) in [5.74, 6) is 0.840. The van der Waals surface area contributed by atoms with Crippen LogP contribution < -0.4 is 0 Å². The van der Waals surface area contributed by atoms with Crippen molar-refractivity contribution in [3.8, 4) is 0 Å². The molecule has 0 aromatic carbocycles. The standard InChI is InChI=1S/C10H18BrN/c1-3-4-6-12-7-5-9(2)10(11)8-12/h3-4,9-10H,5-8H2,1-2H3/b4-3+. The van der Waals surface area contributed by atoms with E-state index in [0.29, 0.717) is 4.83 Å². The number of hydrogen-bond acceptors (Lipinski definition) is 1. The van der Waals surface area contributed by atoms with Gasteiger partial charge in [0.1, 0.15) is 0 Å². The summed E-state index contributed by atoms with van der Waals surface area (Å²) in [6.07, 6.45) is 5.68. The SMILES string of the molecule is C/C=C/CN1CCC(C)C(Br)C1. The molecular weight excluding hydrogens is 214 g/mol. The summed E-state index contributed by atoms with van der Waals surface area (Å²) in [6.45, 7) is 7.98. The Labute approximate surface area is 84.0 Å². The Morgan fingerprint density at radius 3 is 2.92 bits per heavy atom. The van der Waals surface area contributed by atoms with E-state index in [0.717, 1.165) is 12.5 Å². The van der Waals surface area contributed by atoms with Crippen LogP contribution in [0.1, 0.15) is 20.3 Å². The molecule has 12 heavy (non-hydrogen) atoms. The minimum atomic E-state index is 0.691. The van der Waals surface area contributed by atoms with Crippen LogP contribution in [0.25, 0.3) is 0 Å². The minimum Gasteiger partial charge on any atom is -0.299 e. The van der Waals surface area contributed by atoms with Crippen LogP contribution in [0.4, 0.5) is 0 Å². The number of piperidine rings is 1. The van der Waals surface area contributed by atoms with Gasteiger partial charge >= 0.3 is 0 Å². The van der Waals surface area contributed by atoms with E-state index < -0.39 is 0 Å². The number of hydrogen-bond donors (Lipinski definition) is 0. The van der Waals surface area contributed by atoms with Gasteiger partial charge in [-0.3, -0.25) is 4.90 Å². The normalized spacial score (nSPS) is 32.9. The van der Waals surface area contributed by atoms with Crippen LogP contribution in [0.2, 0.25) is 0 Å². The highest BCUT2D eigenvalue weighted by atomic mass is 79.9. The smallest absolute Gasteiger partial charge is 0.0299 e. The van der Waals surface area contributed by atoms with Crippen molar-refractivity contribution in [3.63, 3.8) is 0 Å². The molecule has 0 N–H and O–H groups in total. The summed E-state index contributed by atoms with van der Waals surface area (Å²) in [4.78, 5) is 3.19. The maximum absolute atomic E-state index is 3.72. The fourth-order valence-corrected chi connectivity index (χ4v) is 2.18. The van der Waals surface area contributed by atoms with E-state index in [1.165, 1.54) is 19.5 Å². The highest BCUT2D eigenvalue weighted by molar-refractivity contribution is 9.09. The topological polar surface area (TPSA) is 3.24 Å². The third-order valence-electron chi connectivity index (χ3n) is 2.55. The van der Waals surface area contributed by atoms with E-state index in [4.69, 9.17) is 0 Å². The van der Waals surface area contributed by atoms with Crippen molar-refractivity contribution in [2.24, 2.45) is 5.92 Å². The minimum absolute atomic E-state index is 0.691. The zero-order chi connectivity index (χ0) is 8.97. The molecule has 1 fully saturated rings. The van der Waals surface area contributed by atoms with Crippen LogP contribution in [0.3, 0.4) is 0 Å². The first-order valence-electron chi connectivity index (χ1n) is 4.71. The van der Waals surface area contributed by atoms with E-state index in [9.17, 15) is 0 Å². The van der Waals surface area contributed by atoms with Crippen LogP contribution in [-0.4, -0.2) is 29.4 Å². The molecule has 0 aliphatic carbocycles. The maximum atomic E-state index is 3.72. The Kier molecular flexibility index (Phi) is 4.30. The Balaban J connectivity index is 2.30. The summed E-state index contributed by atoms with van der Waals surface area (Å²) in [7, 11) is 0. The van der Waals surface area contributed by atoms with Crippen LogP contribution in [0.15, 0.2) is 12.2 Å². The summed E-state index contributed by atoms with van der Waals surface area (Å²) >= 11 is 3.72. The van der Waals surface area contributed by atoms with Gasteiger partial charge in [0, 0.05) is 17.9 Å². The molecule has 1 nitrogen and oxygen atoms in total. The molecule has 70 valence electrons. The Bertz CT molecular complexity index is 156. The summed E-state index contributed by atoms with van der Waals surface area (Å²) < 4.78 is 0. The molecule has 1 rings (SSSR count). The third-order valence-corrected chi connectivity index (χ3v) is 3.74. The summed E-state index contributed by atoms with van der Waals surface area (Å²) in [5.41, 5.74) is 0. The van der Waals surface area contributed by atoms with Gasteiger partial charge in [-0.05, 0) is 25.8 Å². The average Bonchev–Trinajstić information content (AvgIpc) is 2.07. The number of halogens is 1. The molecule has 1 heterocycles. The average molecular weight is 232 g/mol. The van der Waals surface area contributed by atoms with Gasteiger partial charge in [0.15, 0.2) is 0 Å². The lowest BCUT2D eigenvalue weighted by atomic mass is 9.99. The molecule has 0 aromatic heterocycles. The molecule has 0 spiro atoms. The van der Waals surface area contributed by atoms with Gasteiger partial charge in [0.05, 0.1) is 0 Å². The zero-order valence-electron chi connectivity index (χ0n) is 7.96. The van der Waals surface area contributed by atoms with Crippen molar-refractivity contribution in [2.75, 3.05) is 19.6 Å². The maximum Gasteiger partial charge on any atom is 0.0299 e. The van der Waals surface area contributed by atoms with Crippen molar-refractivity contribution >= 4 is 15.9 Å². The van der Waals surface area contributed by atoms with Gasteiger partial charge in [-0.1, -0.05) is 35.0 Å². The molecule has 0 saturated carbocycles. The molecular formula is C10H18BrN. The lowest BCUT2D eigenvalue weighted by Crippen LogP contribution is -2.40. The Morgan fingerprint density at radius 2 is 2.33 bits per heavy atom. The van der Waals surface area contributed by atoms with Gasteiger partial charge < -0.3 is 0 Å². The van der Waals surface area contributed by atoms with E-state index in [2.05, 4.69) is 46.8 Å². The fourth-order valence-electron chi connectivity index (χ4n) is 1.51. The van der Waals surface area contributed by atoms with Crippen LogP contribution >= 0.6 is 15.9 Å². The third kappa shape index (κ3) is 2.91. The first kappa shape index (κ1) is 10.3. The van der Waals surface area contributed by atoms with Crippen molar-refractivity contribution in [3.05, 3.63) is 12.2 Å². The lowest BCUT2D eigenvalue weighted by molar-refractivity contribution is 0.220. The van der Waals surface area contributed by atoms with Crippen molar-refractivity contribution in [1.29, 1.82) is 0 Å². The van der Waals surface area contributed by atoms with Gasteiger partial charge in [-0.25, -0.2) is 0 Å². The lowest BCUT2D eigenvalue weighted by Gasteiger charge is -2.33. The number of rotatable bonds is 2. The second kappa shape index (κ2) is 5.03. The Hall–Kier alpha value is 0.180. The second-order valence-electron chi connectivity index (χ2n) is 3.61. The molecule has 1 aliphatic rings. The van der Waals surface area contributed by atoms with Crippen molar-refractivity contribution < 1.29 is 0 Å². The molecule has 0 aromatic rings. The van der Waals surface area contributed by atoms with Crippen LogP contribution in [0, 0.1) is 5.92 Å². The molecule has 2 unspecified atom stereocenters. The molecule has 0 amide bonds. The fraction of sp³-hybridized carbons (Fsp3) is 0.800. The van der Waals surface area contributed by atoms with Gasteiger partial charge in [-0.2, -0.15) is 0 Å². The van der Waals surface area contributed by atoms with Crippen molar-refractivity contribution in [2.45, 2.75) is 25.1 Å². The van der Waals surface area contributed by atoms with Gasteiger partial charge in [0.2, 0.25) is 0 Å². The van der Waals surface area contributed by atoms with Crippen LogP contribution in [0.5, 0.6) is 0 Å². The number of likely N-dealkylation sites (tertiary alicyclic amines) is 1. The monoisotopic (exact) mass is 231 g/mol. The molecule has 2 heteroatoms. The zero-order valence-corrected chi connectivity index (χ0v) is 9.55. The summed E-state index contributed by atoms with van der Waals surface area (Å²) in [5, 5.41) is 0. The first-order valence-corrected chi connectivity index (χ1v) is 5.63. The first-order chi connectivity index (χ1) is 5.74. The van der Waals surface area contributed by atoms with Crippen molar-refractivity contribution in [1.82, 2.24) is 4.90 Å². The molecule has 0 bridgehead atoms. The van der Waals surface area contributed by atoms with E-state index in [-0.39, 0.29) is 0 Å². The second-order valence-corrected chi connectivity index (χ2v) is 4.79. The quantitative estimate of drug-likeness (QED) is 0.522. The van der Waals surface area contributed by atoms with E-state index >= 15 is 0 Å². The molecule has 0 radical (unpaired) electrons. The predicted molar refractivity (Wildman–Crippen MR) is 57.8 cm³/mol. The van der Waals surface area contributed by atoms with E-state index in [1.54, 1.807) is 0 Å². The van der Waals surface area contributed by atoms with Gasteiger partial charge in [0.25, 0.3) is 0 Å². The molecule has 1 aliphatic heterocycles. The summed E-state index contributed by atoms with van der Waals surface area (Å²) in [6, 6.07) is 0. The van der Waals surface area contributed by atoms with E-state index in [1.807, 2.05) is 0 Å². The number of alkyl halides is 1. The largest absolute Gasteiger partial charge is 0.299 e. The highest BCUT2D eigenvalue weighted by Crippen LogP contribution is 2.22. The Morgan fingerprint density at radius 1 is 1.58 bits per heavy atom. The molecule has 1 saturated heterocycles. The molecule has 2 atom stereocenters. The number of allylic oxidation sites excluding steroid dienone is 1. The predicted octanol–water partition coefficient (Wildman–Crippen LogP) is 2.67. The van der Waals surface area contributed by atoms with Crippen LogP contribution in [-0.2, 0) is 0 Å². The highest BCUT2D eigenvalue weighted by Gasteiger charge is 2.22.